The highest BCUT2D eigenvalue weighted by atomic mass is 35.5. The van der Waals surface area contributed by atoms with Crippen LogP contribution in [0, 0.1) is 28.1 Å². The average Bonchev–Trinajstić information content (AvgIpc) is 3.18. The Hall–Kier alpha value is -5.06. The number of nitrogens with one attached hydrogen (secondary N) is 2. The van der Waals surface area contributed by atoms with Gasteiger partial charge in [-0.1, -0.05) is 46.2 Å². The average molecular weight is 766 g/mol. The van der Waals surface area contributed by atoms with Crippen molar-refractivity contribution in [2.45, 2.75) is 72.6 Å². The molecule has 2 saturated heterocycles. The molecule has 0 atom stereocenters. The quantitative estimate of drug-likeness (QED) is 0.238. The number of aryl methyl sites for hydroxylation is 1. The number of hydrogen-bond donors (Lipinski definition) is 2. The van der Waals surface area contributed by atoms with Crippen molar-refractivity contribution >= 4 is 40.3 Å². The number of halogens is 1. The molecular formula is C41H48ClN9O4. The molecule has 3 fully saturated rings. The van der Waals surface area contributed by atoms with Crippen LogP contribution in [0.5, 0.6) is 5.75 Å². The predicted molar refractivity (Wildman–Crippen MR) is 210 cm³/mol. The van der Waals surface area contributed by atoms with Gasteiger partial charge in [0.25, 0.3) is 11.5 Å². The number of ether oxygens (including phenoxy) is 1. The van der Waals surface area contributed by atoms with Gasteiger partial charge in [0.05, 0.1) is 21.6 Å². The maximum Gasteiger partial charge on any atom is 0.272 e. The van der Waals surface area contributed by atoms with Crippen molar-refractivity contribution < 1.29 is 14.3 Å². The number of H-pyrrole nitrogens is 1. The molecule has 13 nitrogen and oxygen atoms in total. The van der Waals surface area contributed by atoms with Gasteiger partial charge in [-0.3, -0.25) is 24.3 Å². The van der Waals surface area contributed by atoms with Crippen molar-refractivity contribution in [1.29, 1.82) is 5.26 Å². The lowest BCUT2D eigenvalue weighted by atomic mass is 9.49. The zero-order valence-electron chi connectivity index (χ0n) is 32.1. The van der Waals surface area contributed by atoms with E-state index in [-0.39, 0.29) is 41.1 Å². The number of rotatable bonds is 9. The van der Waals surface area contributed by atoms with Gasteiger partial charge >= 0.3 is 0 Å². The first-order valence-corrected chi connectivity index (χ1v) is 19.4. The van der Waals surface area contributed by atoms with Crippen LogP contribution in [0.15, 0.2) is 53.5 Å². The number of benzene rings is 1. The maximum atomic E-state index is 13.5. The van der Waals surface area contributed by atoms with Gasteiger partial charge in [-0.05, 0) is 61.2 Å². The molecule has 0 unspecified atom stereocenters. The Labute approximate surface area is 326 Å². The summed E-state index contributed by atoms with van der Waals surface area (Å²) >= 11 is 6.23. The van der Waals surface area contributed by atoms with Gasteiger partial charge in [-0.25, -0.2) is 0 Å². The lowest BCUT2D eigenvalue weighted by Crippen LogP contribution is -2.74. The summed E-state index contributed by atoms with van der Waals surface area (Å²) in [5.41, 5.74) is 3.07. The highest BCUT2D eigenvalue weighted by molar-refractivity contribution is 6.31. The molecule has 1 aromatic carbocycles. The number of aromatic nitrogens is 4. The summed E-state index contributed by atoms with van der Waals surface area (Å²) in [5, 5.41) is 21.4. The fourth-order valence-electron chi connectivity index (χ4n) is 8.93. The first-order valence-electron chi connectivity index (χ1n) is 19.1. The van der Waals surface area contributed by atoms with Crippen LogP contribution in [0.4, 0.5) is 5.82 Å². The Morgan fingerprint density at radius 2 is 1.73 bits per heavy atom. The SMILES string of the molecule is CCc1cc2ncc(CN3CCN(C(=O)C4CCN(c5ccc(C(=O)NC6C(C)(C)C(Oc7ccc(C#N)c(Cl)c7)C6(C)C)nn5)CC4)CC3)cc2[nH]c1=O. The van der Waals surface area contributed by atoms with Crippen molar-refractivity contribution in [2.24, 2.45) is 16.7 Å². The molecule has 1 saturated carbocycles. The number of pyridine rings is 2. The van der Waals surface area contributed by atoms with E-state index in [4.69, 9.17) is 16.3 Å². The largest absolute Gasteiger partial charge is 0.489 e. The van der Waals surface area contributed by atoms with Crippen molar-refractivity contribution in [2.75, 3.05) is 44.2 Å². The number of carbonyl (C=O) groups is 2. The fourth-order valence-corrected chi connectivity index (χ4v) is 9.14. The molecule has 14 heteroatoms. The summed E-state index contributed by atoms with van der Waals surface area (Å²) in [6.07, 6.45) is 3.78. The zero-order chi connectivity index (χ0) is 39.1. The van der Waals surface area contributed by atoms with Gasteiger partial charge in [-0.2, -0.15) is 5.26 Å². The number of piperazine rings is 1. The molecule has 5 heterocycles. The van der Waals surface area contributed by atoms with Crippen LogP contribution in [0.1, 0.15) is 74.6 Å². The van der Waals surface area contributed by atoms with Crippen LogP contribution in [-0.2, 0) is 17.8 Å². The van der Waals surface area contributed by atoms with Crippen LogP contribution in [0.2, 0.25) is 5.02 Å². The molecule has 7 rings (SSSR count). The van der Waals surface area contributed by atoms with Crippen LogP contribution < -0.4 is 20.5 Å². The third-order valence-electron chi connectivity index (χ3n) is 11.8. The van der Waals surface area contributed by atoms with E-state index in [0.29, 0.717) is 61.3 Å². The van der Waals surface area contributed by atoms with E-state index in [1.54, 1.807) is 24.3 Å². The van der Waals surface area contributed by atoms with E-state index in [0.717, 1.165) is 48.1 Å². The van der Waals surface area contributed by atoms with E-state index in [1.165, 1.54) is 0 Å². The summed E-state index contributed by atoms with van der Waals surface area (Å²) in [7, 11) is 0. The Kier molecular flexibility index (Phi) is 10.6. The van der Waals surface area contributed by atoms with E-state index in [2.05, 4.69) is 69.0 Å². The Bertz CT molecular complexity index is 2170. The second kappa shape index (κ2) is 15.2. The van der Waals surface area contributed by atoms with Crippen LogP contribution in [0.25, 0.3) is 11.0 Å². The number of nitriles is 1. The Morgan fingerprint density at radius 1 is 1.00 bits per heavy atom. The van der Waals surface area contributed by atoms with E-state index >= 15 is 0 Å². The monoisotopic (exact) mass is 765 g/mol. The summed E-state index contributed by atoms with van der Waals surface area (Å²) in [6, 6.07) is 14.3. The van der Waals surface area contributed by atoms with Gasteiger partial charge in [0.15, 0.2) is 11.5 Å². The molecule has 2 amide bonds. The number of aromatic amines is 1. The summed E-state index contributed by atoms with van der Waals surface area (Å²) in [4.78, 5) is 53.2. The molecule has 3 aromatic heterocycles. The van der Waals surface area contributed by atoms with Crippen LogP contribution in [-0.4, -0.2) is 93.2 Å². The van der Waals surface area contributed by atoms with Crippen molar-refractivity contribution in [3.05, 3.63) is 86.4 Å². The Balaban J connectivity index is 0.870. The fraction of sp³-hybridized carbons (Fsp3) is 0.488. The molecule has 1 aliphatic carbocycles. The van der Waals surface area contributed by atoms with Gasteiger partial charge in [-0.15, -0.1) is 10.2 Å². The smallest absolute Gasteiger partial charge is 0.272 e. The maximum absolute atomic E-state index is 13.5. The molecule has 0 bridgehead atoms. The topological polar surface area (TPSA) is 160 Å². The summed E-state index contributed by atoms with van der Waals surface area (Å²) < 4.78 is 6.35. The first-order chi connectivity index (χ1) is 26.3. The molecule has 55 heavy (non-hydrogen) atoms. The van der Waals surface area contributed by atoms with Crippen LogP contribution in [0.3, 0.4) is 0 Å². The molecule has 0 radical (unpaired) electrons. The number of fused-ring (bicyclic) bond motifs is 1. The number of nitrogens with zero attached hydrogens (tertiary/aromatic N) is 7. The van der Waals surface area contributed by atoms with Crippen LogP contribution >= 0.6 is 11.6 Å². The van der Waals surface area contributed by atoms with Gasteiger partial charge in [0.2, 0.25) is 5.91 Å². The van der Waals surface area contributed by atoms with E-state index in [1.807, 2.05) is 36.2 Å². The molecule has 2 aliphatic heterocycles. The first kappa shape index (κ1) is 38.2. The van der Waals surface area contributed by atoms with Crippen molar-refractivity contribution in [3.8, 4) is 11.8 Å². The van der Waals surface area contributed by atoms with E-state index in [9.17, 15) is 19.6 Å². The Morgan fingerprint density at radius 3 is 2.36 bits per heavy atom. The molecular weight excluding hydrogens is 718 g/mol. The lowest BCUT2D eigenvalue weighted by molar-refractivity contribution is -0.164. The number of carbonyl (C=O) groups excluding carboxylic acids is 2. The normalized spacial score (nSPS) is 21.1. The third-order valence-corrected chi connectivity index (χ3v) is 12.1. The second-order valence-corrected chi connectivity index (χ2v) is 16.6. The molecule has 2 N–H and O–H groups in total. The number of amides is 2. The highest BCUT2D eigenvalue weighted by Crippen LogP contribution is 2.55. The summed E-state index contributed by atoms with van der Waals surface area (Å²) in [6.45, 7) is 15.2. The summed E-state index contributed by atoms with van der Waals surface area (Å²) in [5.74, 6) is 1.14. The number of anilines is 1. The van der Waals surface area contributed by atoms with E-state index < -0.39 is 10.8 Å². The molecule has 3 aliphatic rings. The molecule has 4 aromatic rings. The minimum absolute atomic E-state index is 0.0359. The second-order valence-electron chi connectivity index (χ2n) is 16.2. The minimum Gasteiger partial charge on any atom is -0.489 e. The van der Waals surface area contributed by atoms with Crippen molar-refractivity contribution in [1.82, 2.24) is 35.3 Å². The third kappa shape index (κ3) is 7.62. The van der Waals surface area contributed by atoms with Gasteiger partial charge in [0, 0.05) is 86.4 Å². The van der Waals surface area contributed by atoms with Gasteiger partial charge in [0.1, 0.15) is 17.9 Å². The molecule has 288 valence electrons. The number of piperidine rings is 1. The number of hydrogen-bond acceptors (Lipinski definition) is 10. The molecule has 0 spiro atoms. The van der Waals surface area contributed by atoms with Crippen molar-refractivity contribution in [3.63, 3.8) is 0 Å². The predicted octanol–water partition coefficient (Wildman–Crippen LogP) is 4.97. The lowest BCUT2D eigenvalue weighted by Gasteiger charge is -2.63. The zero-order valence-corrected chi connectivity index (χ0v) is 32.8. The minimum atomic E-state index is -0.402. The highest BCUT2D eigenvalue weighted by Gasteiger charge is 2.64. The van der Waals surface area contributed by atoms with Gasteiger partial charge < -0.3 is 24.8 Å². The standard InChI is InChI=1S/C41H48ClN9O4/c1-6-26-20-32-33(45-35(26)52)19-25(23-44-32)24-49-15-17-51(18-16-49)37(54)27-11-13-50(14-12-27)34-10-9-31(47-48-34)36(53)46-38-40(2,3)39(41(38,4)5)55-29-8-7-28(22-43)30(42)21-29/h7-10,19-21,23,27,38-39H,6,11-18,24H2,1-5H3,(H,45,52)(H,46,53).